The summed E-state index contributed by atoms with van der Waals surface area (Å²) >= 11 is 0. The number of carbonyl (C=O) groups is 3. The van der Waals surface area contributed by atoms with Gasteiger partial charge in [0.25, 0.3) is 0 Å². The maximum atomic E-state index is 12.9. The molecule has 0 aromatic rings. The Labute approximate surface area is 494 Å². The van der Waals surface area contributed by atoms with Gasteiger partial charge < -0.3 is 14.2 Å². The van der Waals surface area contributed by atoms with Crippen molar-refractivity contribution in [3.05, 3.63) is 122 Å². The fourth-order valence-corrected chi connectivity index (χ4v) is 9.20. The summed E-state index contributed by atoms with van der Waals surface area (Å²) in [5.74, 6) is -0.929. The lowest BCUT2D eigenvalue weighted by molar-refractivity contribution is -0.167. The summed E-state index contributed by atoms with van der Waals surface area (Å²) in [6.07, 6.45) is 93.7. The number of carbonyl (C=O) groups excluding carboxylic acids is 3. The van der Waals surface area contributed by atoms with E-state index in [1.807, 2.05) is 0 Å². The largest absolute Gasteiger partial charge is 0.462 e. The maximum Gasteiger partial charge on any atom is 0.306 e. The molecule has 0 N–H and O–H groups in total. The van der Waals surface area contributed by atoms with Gasteiger partial charge in [-0.05, 0) is 109 Å². The van der Waals surface area contributed by atoms with Crippen LogP contribution in [0.2, 0.25) is 0 Å². The van der Waals surface area contributed by atoms with Gasteiger partial charge in [-0.3, -0.25) is 14.4 Å². The molecule has 0 aromatic carbocycles. The number of hydrogen-bond acceptors (Lipinski definition) is 6. The van der Waals surface area contributed by atoms with E-state index >= 15 is 0 Å². The lowest BCUT2D eigenvalue weighted by Gasteiger charge is -2.18. The lowest BCUT2D eigenvalue weighted by Crippen LogP contribution is -2.30. The van der Waals surface area contributed by atoms with E-state index in [4.69, 9.17) is 14.2 Å². The van der Waals surface area contributed by atoms with Crippen LogP contribution in [0.15, 0.2) is 122 Å². The second-order valence-corrected chi connectivity index (χ2v) is 22.0. The summed E-state index contributed by atoms with van der Waals surface area (Å²) in [4.78, 5) is 38.3. The van der Waals surface area contributed by atoms with Gasteiger partial charge in [-0.15, -0.1) is 0 Å². The van der Waals surface area contributed by atoms with Crippen LogP contribution < -0.4 is 0 Å². The van der Waals surface area contributed by atoms with Crippen molar-refractivity contribution in [2.75, 3.05) is 13.2 Å². The van der Waals surface area contributed by atoms with E-state index < -0.39 is 6.10 Å². The molecule has 0 rings (SSSR count). The third kappa shape index (κ3) is 64.6. The zero-order valence-corrected chi connectivity index (χ0v) is 52.3. The molecule has 0 bridgehead atoms. The molecular formula is C74H124O6. The molecule has 0 aliphatic heterocycles. The zero-order chi connectivity index (χ0) is 57.8. The molecule has 0 radical (unpaired) electrons. The number of allylic oxidation sites excluding steroid dienone is 20. The van der Waals surface area contributed by atoms with Crippen molar-refractivity contribution in [1.82, 2.24) is 0 Å². The van der Waals surface area contributed by atoms with Gasteiger partial charge in [0.2, 0.25) is 0 Å². The average molecular weight is 1110 g/mol. The van der Waals surface area contributed by atoms with Gasteiger partial charge >= 0.3 is 17.9 Å². The van der Waals surface area contributed by atoms with Gasteiger partial charge in [0, 0.05) is 19.3 Å². The minimum atomic E-state index is -0.797. The Hall–Kier alpha value is -4.19. The number of ether oxygens (including phenoxy) is 3. The van der Waals surface area contributed by atoms with Crippen molar-refractivity contribution < 1.29 is 28.6 Å². The number of hydrogen-bond donors (Lipinski definition) is 0. The van der Waals surface area contributed by atoms with Gasteiger partial charge in [0.05, 0.1) is 0 Å². The Balaban J connectivity index is 4.30. The van der Waals surface area contributed by atoms with E-state index in [-0.39, 0.29) is 31.1 Å². The van der Waals surface area contributed by atoms with Gasteiger partial charge in [0.15, 0.2) is 6.10 Å². The standard InChI is InChI=1S/C74H124O6/c1-4-7-10-13-16-19-22-24-26-28-30-32-33-34-35-36-37-38-39-40-41-43-44-46-48-50-52-55-58-61-64-67-73(76)79-70-71(69-78-72(75)66-63-60-57-54-21-18-15-12-9-6-3)80-74(77)68-65-62-59-56-53-51-49-47-45-42-31-29-27-25-23-20-17-14-11-8-5-2/h7,10,12,15-16,19,24,26,30,32,34-35,37-38,40-41,44,46,50,52,71H,4-6,8-9,11,13-14,17-18,20-23,25,27-29,31,33,36,39,42-43,45,47-49,51,53-70H2,1-3H3/b10-7-,15-12-,19-16-,26-24-,32-30-,35-34-,38-37-,41-40-,46-44-,52-50-. The maximum absolute atomic E-state index is 12.9. The van der Waals surface area contributed by atoms with Crippen molar-refractivity contribution in [1.29, 1.82) is 0 Å². The Morgan fingerprint density at radius 3 is 0.838 bits per heavy atom. The van der Waals surface area contributed by atoms with Crippen LogP contribution in [0.5, 0.6) is 0 Å². The van der Waals surface area contributed by atoms with Crippen molar-refractivity contribution >= 4 is 17.9 Å². The second-order valence-electron chi connectivity index (χ2n) is 22.0. The molecule has 0 fully saturated rings. The first-order chi connectivity index (χ1) is 39.5. The van der Waals surface area contributed by atoms with Crippen molar-refractivity contribution in [3.8, 4) is 0 Å². The summed E-state index contributed by atoms with van der Waals surface area (Å²) in [7, 11) is 0. The summed E-state index contributed by atoms with van der Waals surface area (Å²) < 4.78 is 16.9. The first kappa shape index (κ1) is 75.8. The third-order valence-electron chi connectivity index (χ3n) is 14.2. The summed E-state index contributed by atoms with van der Waals surface area (Å²) in [6, 6.07) is 0. The normalized spacial score (nSPS) is 12.9. The SMILES string of the molecule is CC/C=C\C/C=C\C/C=C\C/C=C\C/C=C\C/C=C\C/C=C\C/C=C\C/C=C\CCCCCC(=O)OCC(COC(=O)CCCCCCC/C=C\CCC)OC(=O)CCCCCCCCCCCCCCCCCCCCCCC. The number of rotatable bonds is 60. The van der Waals surface area contributed by atoms with Crippen LogP contribution in [0.4, 0.5) is 0 Å². The van der Waals surface area contributed by atoms with E-state index in [0.29, 0.717) is 19.3 Å². The third-order valence-corrected chi connectivity index (χ3v) is 14.2. The van der Waals surface area contributed by atoms with Crippen LogP contribution in [-0.4, -0.2) is 37.2 Å². The van der Waals surface area contributed by atoms with Crippen LogP contribution in [0.1, 0.15) is 310 Å². The molecule has 0 heterocycles. The Morgan fingerprint density at radius 1 is 0.263 bits per heavy atom. The van der Waals surface area contributed by atoms with Crippen molar-refractivity contribution in [2.24, 2.45) is 0 Å². The molecule has 0 saturated heterocycles. The van der Waals surface area contributed by atoms with E-state index in [2.05, 4.69) is 142 Å². The molecule has 6 heteroatoms. The zero-order valence-electron chi connectivity index (χ0n) is 52.3. The highest BCUT2D eigenvalue weighted by Crippen LogP contribution is 2.17. The van der Waals surface area contributed by atoms with Gasteiger partial charge in [-0.2, -0.15) is 0 Å². The second kappa shape index (κ2) is 67.3. The monoisotopic (exact) mass is 1110 g/mol. The molecule has 0 aromatic heterocycles. The summed E-state index contributed by atoms with van der Waals surface area (Å²) in [5.41, 5.74) is 0. The van der Waals surface area contributed by atoms with E-state index in [1.54, 1.807) is 0 Å². The fourth-order valence-electron chi connectivity index (χ4n) is 9.20. The smallest absolute Gasteiger partial charge is 0.306 e. The van der Waals surface area contributed by atoms with Crippen LogP contribution in [0, 0.1) is 0 Å². The van der Waals surface area contributed by atoms with Gasteiger partial charge in [-0.1, -0.05) is 303 Å². The van der Waals surface area contributed by atoms with Crippen LogP contribution in [0.25, 0.3) is 0 Å². The number of esters is 3. The fraction of sp³-hybridized carbons (Fsp3) is 0.689. The highest BCUT2D eigenvalue weighted by molar-refractivity contribution is 5.71. The van der Waals surface area contributed by atoms with E-state index in [0.717, 1.165) is 141 Å². The van der Waals surface area contributed by atoms with E-state index in [1.165, 1.54) is 128 Å². The quantitative estimate of drug-likeness (QED) is 0.0261. The predicted octanol–water partition coefficient (Wildman–Crippen LogP) is 23.2. The topological polar surface area (TPSA) is 78.9 Å². The molecule has 456 valence electrons. The van der Waals surface area contributed by atoms with Gasteiger partial charge in [-0.25, -0.2) is 0 Å². The minimum Gasteiger partial charge on any atom is -0.462 e. The molecule has 0 aliphatic carbocycles. The van der Waals surface area contributed by atoms with Crippen molar-refractivity contribution in [2.45, 2.75) is 316 Å². The molecule has 80 heavy (non-hydrogen) atoms. The van der Waals surface area contributed by atoms with Crippen LogP contribution in [-0.2, 0) is 28.6 Å². The minimum absolute atomic E-state index is 0.0927. The molecule has 0 saturated carbocycles. The summed E-state index contributed by atoms with van der Waals surface area (Å²) in [5, 5.41) is 0. The average Bonchev–Trinajstić information content (AvgIpc) is 3.46. The predicted molar refractivity (Wildman–Crippen MR) is 348 cm³/mol. The molecule has 1 unspecified atom stereocenters. The molecule has 0 aliphatic rings. The lowest BCUT2D eigenvalue weighted by atomic mass is 10.0. The Bertz CT molecular complexity index is 1650. The summed E-state index contributed by atoms with van der Waals surface area (Å²) in [6.45, 7) is 6.46. The van der Waals surface area contributed by atoms with E-state index in [9.17, 15) is 14.4 Å². The van der Waals surface area contributed by atoms with Gasteiger partial charge in [0.1, 0.15) is 13.2 Å². The first-order valence-electron chi connectivity index (χ1n) is 33.5. The molecule has 6 nitrogen and oxygen atoms in total. The molecule has 0 spiro atoms. The molecule has 0 amide bonds. The molecule has 1 atom stereocenters. The number of unbranched alkanes of at least 4 members (excludes halogenated alkanes) is 29. The Morgan fingerprint density at radius 2 is 0.512 bits per heavy atom. The van der Waals surface area contributed by atoms with Crippen LogP contribution in [0.3, 0.4) is 0 Å². The highest BCUT2D eigenvalue weighted by Gasteiger charge is 2.19. The van der Waals surface area contributed by atoms with Crippen LogP contribution >= 0.6 is 0 Å². The molecular weight excluding hydrogens is 985 g/mol. The highest BCUT2D eigenvalue weighted by atomic mass is 16.6. The Kier molecular flexibility index (Phi) is 63.8. The van der Waals surface area contributed by atoms with Crippen molar-refractivity contribution in [3.63, 3.8) is 0 Å². The first-order valence-corrected chi connectivity index (χ1v) is 33.5.